The van der Waals surface area contributed by atoms with Crippen molar-refractivity contribution in [2.45, 2.75) is 25.3 Å². The van der Waals surface area contributed by atoms with Gasteiger partial charge >= 0.3 is 0 Å². The lowest BCUT2D eigenvalue weighted by Crippen LogP contribution is -2.45. The van der Waals surface area contributed by atoms with Crippen molar-refractivity contribution in [1.82, 2.24) is 10.6 Å². The summed E-state index contributed by atoms with van der Waals surface area (Å²) in [5, 5.41) is 5.56. The number of rotatable bonds is 8. The van der Waals surface area contributed by atoms with Gasteiger partial charge in [-0.15, -0.1) is 0 Å². The van der Waals surface area contributed by atoms with Crippen molar-refractivity contribution in [1.29, 1.82) is 0 Å². The molecule has 5 heteroatoms. The van der Waals surface area contributed by atoms with E-state index in [1.807, 2.05) is 36.4 Å². The summed E-state index contributed by atoms with van der Waals surface area (Å²) >= 11 is 0. The van der Waals surface area contributed by atoms with E-state index in [4.69, 9.17) is 4.42 Å². The summed E-state index contributed by atoms with van der Waals surface area (Å²) in [5.41, 5.74) is 2.42. The predicted molar refractivity (Wildman–Crippen MR) is 108 cm³/mol. The molecule has 1 heterocycles. The second-order valence-electron chi connectivity index (χ2n) is 6.63. The summed E-state index contributed by atoms with van der Waals surface area (Å²) in [6, 6.07) is 23.0. The Morgan fingerprint density at radius 1 is 0.893 bits per heavy atom. The predicted octanol–water partition coefficient (Wildman–Crippen LogP) is 3.74. The molecule has 0 aliphatic carbocycles. The zero-order valence-corrected chi connectivity index (χ0v) is 15.8. The van der Waals surface area contributed by atoms with E-state index in [9.17, 15) is 9.59 Å². The van der Waals surface area contributed by atoms with E-state index in [0.717, 1.165) is 6.42 Å². The van der Waals surface area contributed by atoms with E-state index in [1.165, 1.54) is 17.4 Å². The molecule has 5 nitrogen and oxygen atoms in total. The Balaban J connectivity index is 1.56. The number of amides is 2. The molecule has 0 aliphatic rings. The third kappa shape index (κ3) is 5.10. The van der Waals surface area contributed by atoms with Gasteiger partial charge in [-0.1, -0.05) is 60.7 Å². The van der Waals surface area contributed by atoms with Crippen molar-refractivity contribution in [2.75, 3.05) is 6.54 Å². The van der Waals surface area contributed by atoms with Crippen molar-refractivity contribution in [2.24, 2.45) is 0 Å². The Labute approximate surface area is 164 Å². The molecule has 0 aliphatic heterocycles. The average molecular weight is 376 g/mol. The second-order valence-corrected chi connectivity index (χ2v) is 6.63. The first-order chi connectivity index (χ1) is 13.6. The van der Waals surface area contributed by atoms with Crippen LogP contribution in [0.1, 0.15) is 40.9 Å². The average Bonchev–Trinajstić information content (AvgIpc) is 3.27. The zero-order chi connectivity index (χ0) is 19.8. The van der Waals surface area contributed by atoms with Crippen LogP contribution in [0.5, 0.6) is 0 Å². The molecular weight excluding hydrogens is 352 g/mol. The molecule has 0 spiro atoms. The van der Waals surface area contributed by atoms with Crippen LogP contribution < -0.4 is 10.6 Å². The molecule has 2 aromatic carbocycles. The molecule has 3 aromatic rings. The lowest BCUT2D eigenvalue weighted by molar-refractivity contribution is -0.122. The minimum Gasteiger partial charge on any atom is -0.459 e. The molecule has 0 saturated heterocycles. The molecule has 2 N–H and O–H groups in total. The minimum atomic E-state index is -0.649. The van der Waals surface area contributed by atoms with E-state index in [1.54, 1.807) is 19.1 Å². The molecule has 1 aromatic heterocycles. The monoisotopic (exact) mass is 376 g/mol. The van der Waals surface area contributed by atoms with Crippen LogP contribution in [0.15, 0.2) is 83.5 Å². The Kier molecular flexibility index (Phi) is 6.63. The number of carbonyl (C=O) groups is 2. The molecular formula is C23H24N2O3. The lowest BCUT2D eigenvalue weighted by Gasteiger charge is -2.19. The van der Waals surface area contributed by atoms with E-state index in [0.29, 0.717) is 6.54 Å². The third-order valence-corrected chi connectivity index (χ3v) is 4.62. The van der Waals surface area contributed by atoms with Gasteiger partial charge in [0.25, 0.3) is 5.91 Å². The fourth-order valence-electron chi connectivity index (χ4n) is 3.13. The van der Waals surface area contributed by atoms with Crippen LogP contribution in [0.25, 0.3) is 0 Å². The summed E-state index contributed by atoms with van der Waals surface area (Å²) in [6.07, 6.45) is 2.19. The maximum atomic E-state index is 12.3. The van der Waals surface area contributed by atoms with E-state index < -0.39 is 11.9 Å². The highest BCUT2D eigenvalue weighted by molar-refractivity contribution is 5.95. The van der Waals surface area contributed by atoms with Crippen LogP contribution >= 0.6 is 0 Å². The van der Waals surface area contributed by atoms with Crippen molar-refractivity contribution >= 4 is 11.8 Å². The van der Waals surface area contributed by atoms with Crippen molar-refractivity contribution < 1.29 is 14.0 Å². The molecule has 28 heavy (non-hydrogen) atoms. The number of benzene rings is 2. The fourth-order valence-corrected chi connectivity index (χ4v) is 3.13. The van der Waals surface area contributed by atoms with Crippen molar-refractivity contribution in [3.63, 3.8) is 0 Å². The smallest absolute Gasteiger partial charge is 0.287 e. The maximum Gasteiger partial charge on any atom is 0.287 e. The number of hydrogen-bond acceptors (Lipinski definition) is 3. The van der Waals surface area contributed by atoms with Gasteiger partial charge in [0, 0.05) is 12.5 Å². The SMILES string of the molecule is CC(NC(=O)c1ccco1)C(=O)NCCC(c1ccccc1)c1ccccc1. The summed E-state index contributed by atoms with van der Waals surface area (Å²) in [5.74, 6) is -0.248. The van der Waals surface area contributed by atoms with Gasteiger partial charge in [-0.25, -0.2) is 0 Å². The zero-order valence-electron chi connectivity index (χ0n) is 15.8. The number of furan rings is 1. The largest absolute Gasteiger partial charge is 0.459 e. The summed E-state index contributed by atoms with van der Waals surface area (Å²) in [7, 11) is 0. The van der Waals surface area contributed by atoms with Gasteiger partial charge in [0.2, 0.25) is 5.91 Å². The van der Waals surface area contributed by atoms with Crippen molar-refractivity contribution in [3.8, 4) is 0 Å². The highest BCUT2D eigenvalue weighted by atomic mass is 16.3. The molecule has 1 unspecified atom stereocenters. The van der Waals surface area contributed by atoms with Gasteiger partial charge in [0.15, 0.2) is 5.76 Å². The maximum absolute atomic E-state index is 12.3. The molecule has 144 valence electrons. The molecule has 1 atom stereocenters. The van der Waals surface area contributed by atoms with Crippen molar-refractivity contribution in [3.05, 3.63) is 95.9 Å². The molecule has 0 radical (unpaired) electrons. The Morgan fingerprint density at radius 3 is 2.04 bits per heavy atom. The molecule has 0 fully saturated rings. The topological polar surface area (TPSA) is 71.3 Å². The Morgan fingerprint density at radius 2 is 1.50 bits per heavy atom. The minimum absolute atomic E-state index is 0.188. The summed E-state index contributed by atoms with van der Waals surface area (Å²) in [6.45, 7) is 2.16. The highest BCUT2D eigenvalue weighted by Crippen LogP contribution is 2.27. The standard InChI is InChI=1S/C23H24N2O3/c1-17(25-23(27)21-13-8-16-28-21)22(26)24-15-14-20(18-9-4-2-5-10-18)19-11-6-3-7-12-19/h2-13,16-17,20H,14-15H2,1H3,(H,24,26)(H,25,27). The van der Waals surface area contributed by atoms with Crippen LogP contribution in [0.2, 0.25) is 0 Å². The Bertz CT molecular complexity index is 837. The molecule has 2 amide bonds. The second kappa shape index (κ2) is 9.55. The quantitative estimate of drug-likeness (QED) is 0.629. The van der Waals surface area contributed by atoms with Gasteiger partial charge < -0.3 is 15.1 Å². The van der Waals surface area contributed by atoms with Gasteiger partial charge in [-0.05, 0) is 36.6 Å². The van der Waals surface area contributed by atoms with Crippen LogP contribution in [0.4, 0.5) is 0 Å². The van der Waals surface area contributed by atoms with E-state index in [-0.39, 0.29) is 17.6 Å². The van der Waals surface area contributed by atoms with Crippen LogP contribution in [0, 0.1) is 0 Å². The first-order valence-electron chi connectivity index (χ1n) is 9.37. The van der Waals surface area contributed by atoms with Gasteiger partial charge in [0.05, 0.1) is 6.26 Å². The summed E-state index contributed by atoms with van der Waals surface area (Å²) < 4.78 is 5.04. The van der Waals surface area contributed by atoms with E-state index in [2.05, 4.69) is 34.9 Å². The number of nitrogens with one attached hydrogen (secondary N) is 2. The van der Waals surface area contributed by atoms with Crippen LogP contribution in [-0.2, 0) is 4.79 Å². The van der Waals surface area contributed by atoms with E-state index >= 15 is 0 Å². The third-order valence-electron chi connectivity index (χ3n) is 4.62. The Hall–Kier alpha value is -3.34. The lowest BCUT2D eigenvalue weighted by atomic mass is 9.88. The van der Waals surface area contributed by atoms with Crippen LogP contribution in [0.3, 0.4) is 0 Å². The number of hydrogen-bond donors (Lipinski definition) is 2. The highest BCUT2D eigenvalue weighted by Gasteiger charge is 2.19. The molecule has 0 bridgehead atoms. The normalized spacial score (nSPS) is 11.8. The number of carbonyl (C=O) groups excluding carboxylic acids is 2. The fraction of sp³-hybridized carbons (Fsp3) is 0.217. The van der Waals surface area contributed by atoms with Gasteiger partial charge in [-0.2, -0.15) is 0 Å². The van der Waals surface area contributed by atoms with Crippen LogP contribution in [-0.4, -0.2) is 24.4 Å². The molecule has 3 rings (SSSR count). The van der Waals surface area contributed by atoms with Gasteiger partial charge in [-0.3, -0.25) is 9.59 Å². The first-order valence-corrected chi connectivity index (χ1v) is 9.37. The van der Waals surface area contributed by atoms with Gasteiger partial charge in [0.1, 0.15) is 6.04 Å². The summed E-state index contributed by atoms with van der Waals surface area (Å²) in [4.78, 5) is 24.3. The first kappa shape index (κ1) is 19.4. The molecule has 0 saturated carbocycles.